The van der Waals surface area contributed by atoms with E-state index in [0.29, 0.717) is 0 Å². The van der Waals surface area contributed by atoms with Crippen LogP contribution >= 0.6 is 0 Å². The van der Waals surface area contributed by atoms with Crippen LogP contribution in [0.5, 0.6) is 0 Å². The Morgan fingerprint density at radius 2 is 1.88 bits per heavy atom. The number of halogens is 3. The van der Waals surface area contributed by atoms with Gasteiger partial charge in [-0.1, -0.05) is 6.07 Å². The first-order chi connectivity index (χ1) is 7.50. The number of hydrazine groups is 1. The summed E-state index contributed by atoms with van der Waals surface area (Å²) in [4.78, 5) is 21.6. The number of hydrogen-bond acceptors (Lipinski definition) is 2. The second-order valence-corrected chi connectivity index (χ2v) is 2.75. The van der Waals surface area contributed by atoms with E-state index < -0.39 is 24.1 Å². The van der Waals surface area contributed by atoms with E-state index in [1.165, 1.54) is 17.6 Å². The Balaban J connectivity index is 2.57. The van der Waals surface area contributed by atoms with Crippen LogP contribution in [0.4, 0.5) is 13.2 Å². The summed E-state index contributed by atoms with van der Waals surface area (Å²) in [6.07, 6.45) is -3.23. The maximum Gasteiger partial charge on any atom is 0.317 e. The normalized spacial score (nSPS) is 10.0. The number of hydrogen-bond donors (Lipinski definition) is 2. The predicted molar refractivity (Wildman–Crippen MR) is 48.0 cm³/mol. The monoisotopic (exact) mass is 232 g/mol. The van der Waals surface area contributed by atoms with Crippen LogP contribution in [0.25, 0.3) is 0 Å². The molecule has 0 fully saturated rings. The van der Waals surface area contributed by atoms with Crippen molar-refractivity contribution in [1.29, 1.82) is 0 Å². The van der Waals surface area contributed by atoms with Gasteiger partial charge in [-0.2, -0.15) is 8.78 Å². The highest BCUT2D eigenvalue weighted by atomic mass is 19.3. The maximum absolute atomic E-state index is 12.7. The average Bonchev–Trinajstić information content (AvgIpc) is 2.25. The Kier molecular flexibility index (Phi) is 3.87. The van der Waals surface area contributed by atoms with Gasteiger partial charge in [0.05, 0.1) is 0 Å². The van der Waals surface area contributed by atoms with E-state index >= 15 is 0 Å². The SMILES string of the molecule is O=C(NNC(=O)C(F)F)c1cccc(F)c1. The Morgan fingerprint density at radius 1 is 1.19 bits per heavy atom. The van der Waals surface area contributed by atoms with Gasteiger partial charge in [0.25, 0.3) is 5.91 Å². The summed E-state index contributed by atoms with van der Waals surface area (Å²) in [6.45, 7) is 0. The van der Waals surface area contributed by atoms with Gasteiger partial charge < -0.3 is 0 Å². The second kappa shape index (κ2) is 5.15. The van der Waals surface area contributed by atoms with E-state index in [2.05, 4.69) is 0 Å². The molecule has 0 saturated carbocycles. The third-order valence-electron chi connectivity index (χ3n) is 1.58. The fraction of sp³-hybridized carbons (Fsp3) is 0.111. The summed E-state index contributed by atoms with van der Waals surface area (Å²) in [5.74, 6) is -3.16. The van der Waals surface area contributed by atoms with Crippen LogP contribution in [0.2, 0.25) is 0 Å². The fourth-order valence-corrected chi connectivity index (χ4v) is 0.875. The zero-order valence-corrected chi connectivity index (χ0v) is 7.84. The molecule has 7 heteroatoms. The minimum atomic E-state index is -3.23. The second-order valence-electron chi connectivity index (χ2n) is 2.75. The van der Waals surface area contributed by atoms with E-state index in [9.17, 15) is 22.8 Å². The molecule has 0 aliphatic heterocycles. The molecule has 0 bridgehead atoms. The smallest absolute Gasteiger partial charge is 0.267 e. The summed E-state index contributed by atoms with van der Waals surface area (Å²) in [6, 6.07) is 4.57. The molecule has 0 aliphatic rings. The first kappa shape index (κ1) is 12.0. The number of carbonyl (C=O) groups excluding carboxylic acids is 2. The highest BCUT2D eigenvalue weighted by Crippen LogP contribution is 2.02. The first-order valence-corrected chi connectivity index (χ1v) is 4.14. The lowest BCUT2D eigenvalue weighted by atomic mass is 10.2. The number of rotatable bonds is 2. The Morgan fingerprint density at radius 3 is 2.44 bits per heavy atom. The van der Waals surface area contributed by atoms with Crippen LogP contribution in [-0.4, -0.2) is 18.2 Å². The predicted octanol–water partition coefficient (Wildman–Crippen LogP) is 0.852. The average molecular weight is 232 g/mol. The van der Waals surface area contributed by atoms with Crippen molar-refractivity contribution in [2.24, 2.45) is 0 Å². The summed E-state index contributed by atoms with van der Waals surface area (Å²) < 4.78 is 36.1. The maximum atomic E-state index is 12.7. The zero-order chi connectivity index (χ0) is 12.1. The van der Waals surface area contributed by atoms with Crippen molar-refractivity contribution in [3.05, 3.63) is 35.6 Å². The van der Waals surface area contributed by atoms with Crippen LogP contribution in [0.15, 0.2) is 24.3 Å². The molecule has 0 atom stereocenters. The number of alkyl halides is 2. The summed E-state index contributed by atoms with van der Waals surface area (Å²) in [7, 11) is 0. The fourth-order valence-electron chi connectivity index (χ4n) is 0.875. The third-order valence-corrected chi connectivity index (χ3v) is 1.58. The highest BCUT2D eigenvalue weighted by molar-refractivity contribution is 5.95. The molecule has 86 valence electrons. The zero-order valence-electron chi connectivity index (χ0n) is 7.84. The molecule has 1 rings (SSSR count). The topological polar surface area (TPSA) is 58.2 Å². The molecule has 2 amide bonds. The van der Waals surface area contributed by atoms with Crippen LogP contribution < -0.4 is 10.9 Å². The van der Waals surface area contributed by atoms with Gasteiger partial charge in [0.2, 0.25) is 0 Å². The van der Waals surface area contributed by atoms with Crippen molar-refractivity contribution in [1.82, 2.24) is 10.9 Å². The molecular weight excluding hydrogens is 225 g/mol. The third kappa shape index (κ3) is 3.26. The van der Waals surface area contributed by atoms with Gasteiger partial charge in [-0.3, -0.25) is 20.4 Å². The number of benzene rings is 1. The van der Waals surface area contributed by atoms with E-state index in [1.807, 2.05) is 0 Å². The van der Waals surface area contributed by atoms with Gasteiger partial charge in [0.15, 0.2) is 0 Å². The molecule has 0 radical (unpaired) electrons. The van der Waals surface area contributed by atoms with Gasteiger partial charge in [-0.25, -0.2) is 4.39 Å². The molecule has 0 aromatic heterocycles. The summed E-state index contributed by atoms with van der Waals surface area (Å²) in [5, 5.41) is 0. The Hall–Kier alpha value is -2.05. The number of amides is 2. The molecule has 16 heavy (non-hydrogen) atoms. The molecular formula is C9H7F3N2O2. The van der Waals surface area contributed by atoms with Gasteiger partial charge in [-0.15, -0.1) is 0 Å². The van der Waals surface area contributed by atoms with Crippen molar-refractivity contribution < 1.29 is 22.8 Å². The Labute approximate surface area is 88.4 Å². The largest absolute Gasteiger partial charge is 0.317 e. The van der Waals surface area contributed by atoms with Crippen LogP contribution in [-0.2, 0) is 4.79 Å². The van der Waals surface area contributed by atoms with Gasteiger partial charge >= 0.3 is 12.3 Å². The molecule has 0 saturated heterocycles. The summed E-state index contributed by atoms with van der Waals surface area (Å²) >= 11 is 0. The van der Waals surface area contributed by atoms with Crippen LogP contribution in [0.1, 0.15) is 10.4 Å². The number of carbonyl (C=O) groups is 2. The molecule has 0 unspecified atom stereocenters. The highest BCUT2D eigenvalue weighted by Gasteiger charge is 2.15. The number of nitrogens with one attached hydrogen (secondary N) is 2. The van der Waals surface area contributed by atoms with E-state index in [4.69, 9.17) is 0 Å². The van der Waals surface area contributed by atoms with Gasteiger partial charge in [0.1, 0.15) is 5.82 Å². The standard InChI is InChI=1S/C9H7F3N2O2/c10-6-3-1-2-5(4-6)8(15)13-14-9(16)7(11)12/h1-4,7H,(H,13,15)(H,14,16). The Bertz CT molecular complexity index is 409. The quantitative estimate of drug-likeness (QED) is 0.743. The molecule has 4 nitrogen and oxygen atoms in total. The molecule has 0 aliphatic carbocycles. The van der Waals surface area contributed by atoms with Crippen molar-refractivity contribution in [2.75, 3.05) is 0 Å². The van der Waals surface area contributed by atoms with Crippen LogP contribution in [0.3, 0.4) is 0 Å². The van der Waals surface area contributed by atoms with Crippen molar-refractivity contribution in [2.45, 2.75) is 6.43 Å². The summed E-state index contributed by atoms with van der Waals surface area (Å²) in [5.41, 5.74) is 3.12. The molecule has 2 N–H and O–H groups in total. The van der Waals surface area contributed by atoms with E-state index in [1.54, 1.807) is 5.43 Å². The van der Waals surface area contributed by atoms with Gasteiger partial charge in [0, 0.05) is 5.56 Å². The minimum Gasteiger partial charge on any atom is -0.267 e. The van der Waals surface area contributed by atoms with Crippen molar-refractivity contribution in [3.63, 3.8) is 0 Å². The first-order valence-electron chi connectivity index (χ1n) is 4.14. The van der Waals surface area contributed by atoms with Crippen molar-refractivity contribution in [3.8, 4) is 0 Å². The molecule has 0 spiro atoms. The van der Waals surface area contributed by atoms with Crippen LogP contribution in [0, 0.1) is 5.82 Å². The van der Waals surface area contributed by atoms with Crippen molar-refractivity contribution >= 4 is 11.8 Å². The lowest BCUT2D eigenvalue weighted by molar-refractivity contribution is -0.132. The lowest BCUT2D eigenvalue weighted by Gasteiger charge is -2.06. The lowest BCUT2D eigenvalue weighted by Crippen LogP contribution is -2.44. The van der Waals surface area contributed by atoms with E-state index in [-0.39, 0.29) is 5.56 Å². The molecule has 1 aromatic carbocycles. The molecule has 1 aromatic rings. The molecule has 0 heterocycles. The minimum absolute atomic E-state index is 0.0884. The van der Waals surface area contributed by atoms with E-state index in [0.717, 1.165) is 12.1 Å². The van der Waals surface area contributed by atoms with Gasteiger partial charge in [-0.05, 0) is 18.2 Å².